The van der Waals surface area contributed by atoms with Crippen molar-refractivity contribution in [2.45, 2.75) is 33.3 Å². The van der Waals surface area contributed by atoms with E-state index in [0.29, 0.717) is 22.6 Å². The van der Waals surface area contributed by atoms with Gasteiger partial charge in [0.2, 0.25) is 0 Å². The number of hydrogen-bond acceptors (Lipinski definition) is 4. The highest BCUT2D eigenvalue weighted by molar-refractivity contribution is 6.05. The second-order valence-electron chi connectivity index (χ2n) is 6.74. The summed E-state index contributed by atoms with van der Waals surface area (Å²) in [5.74, 6) is -0.247. The summed E-state index contributed by atoms with van der Waals surface area (Å²) in [6.45, 7) is 7.24. The van der Waals surface area contributed by atoms with Gasteiger partial charge in [0.05, 0.1) is 0 Å². The smallest absolute Gasteiger partial charge is 0.412 e. The van der Waals surface area contributed by atoms with E-state index >= 15 is 0 Å². The molecule has 0 heterocycles. The molecular formula is C19H23N3O3. The summed E-state index contributed by atoms with van der Waals surface area (Å²) < 4.78 is 5.21. The molecule has 2 amide bonds. The van der Waals surface area contributed by atoms with Gasteiger partial charge in [0, 0.05) is 22.6 Å². The van der Waals surface area contributed by atoms with E-state index in [4.69, 9.17) is 10.5 Å². The van der Waals surface area contributed by atoms with Crippen molar-refractivity contribution in [2.75, 3.05) is 16.4 Å². The lowest BCUT2D eigenvalue weighted by Gasteiger charge is -2.20. The molecule has 0 saturated heterocycles. The molecule has 0 fully saturated rings. The first-order valence-corrected chi connectivity index (χ1v) is 7.91. The fourth-order valence-electron chi connectivity index (χ4n) is 2.18. The van der Waals surface area contributed by atoms with Gasteiger partial charge in [0.15, 0.2) is 0 Å². The number of nitrogens with one attached hydrogen (secondary N) is 2. The normalized spacial score (nSPS) is 10.9. The summed E-state index contributed by atoms with van der Waals surface area (Å²) in [7, 11) is 0. The molecule has 2 aromatic rings. The zero-order chi connectivity index (χ0) is 18.6. The van der Waals surface area contributed by atoms with E-state index in [2.05, 4.69) is 10.6 Å². The third-order valence-corrected chi connectivity index (χ3v) is 3.27. The molecular weight excluding hydrogens is 318 g/mol. The molecule has 4 N–H and O–H groups in total. The van der Waals surface area contributed by atoms with E-state index in [1.54, 1.807) is 63.2 Å². The largest absolute Gasteiger partial charge is 0.444 e. The Morgan fingerprint density at radius 3 is 2.36 bits per heavy atom. The average Bonchev–Trinajstić information content (AvgIpc) is 2.48. The first kappa shape index (κ1) is 18.3. The number of rotatable bonds is 3. The molecule has 132 valence electrons. The van der Waals surface area contributed by atoms with Gasteiger partial charge in [-0.25, -0.2) is 4.79 Å². The Balaban J connectivity index is 2.06. The van der Waals surface area contributed by atoms with Crippen molar-refractivity contribution in [1.82, 2.24) is 0 Å². The third kappa shape index (κ3) is 5.53. The zero-order valence-electron chi connectivity index (χ0n) is 14.8. The Morgan fingerprint density at radius 2 is 1.76 bits per heavy atom. The Bertz CT molecular complexity index is 795. The Hall–Kier alpha value is -3.02. The summed E-state index contributed by atoms with van der Waals surface area (Å²) in [6, 6.07) is 11.9. The van der Waals surface area contributed by atoms with Gasteiger partial charge in [0.1, 0.15) is 5.60 Å². The van der Waals surface area contributed by atoms with Gasteiger partial charge in [-0.2, -0.15) is 0 Å². The second kappa shape index (κ2) is 7.25. The molecule has 0 spiro atoms. The standard InChI is InChI=1S/C19H23N3O3/c1-12-10-15(21-18(24)25-19(2,3)4)8-9-16(12)22-17(23)13-6-5-7-14(20)11-13/h5-11H,20H2,1-4H3,(H,21,24)(H,22,23). The maximum Gasteiger partial charge on any atom is 0.412 e. The Morgan fingerprint density at radius 1 is 1.04 bits per heavy atom. The Kier molecular flexibility index (Phi) is 5.32. The summed E-state index contributed by atoms with van der Waals surface area (Å²) in [5, 5.41) is 5.50. The van der Waals surface area contributed by atoms with Crippen LogP contribution in [0.15, 0.2) is 42.5 Å². The highest BCUT2D eigenvalue weighted by Gasteiger charge is 2.16. The lowest BCUT2D eigenvalue weighted by Crippen LogP contribution is -2.27. The van der Waals surface area contributed by atoms with Crippen molar-refractivity contribution in [3.63, 3.8) is 0 Å². The van der Waals surface area contributed by atoms with Crippen LogP contribution in [0.5, 0.6) is 0 Å². The van der Waals surface area contributed by atoms with Crippen LogP contribution in [-0.2, 0) is 4.74 Å². The van der Waals surface area contributed by atoms with E-state index < -0.39 is 11.7 Å². The topological polar surface area (TPSA) is 93.5 Å². The van der Waals surface area contributed by atoms with Gasteiger partial charge >= 0.3 is 6.09 Å². The highest BCUT2D eigenvalue weighted by atomic mass is 16.6. The summed E-state index contributed by atoms with van der Waals surface area (Å²) >= 11 is 0. The number of nitrogens with two attached hydrogens (primary N) is 1. The molecule has 2 aromatic carbocycles. The molecule has 0 aliphatic carbocycles. The van der Waals surface area contributed by atoms with E-state index in [-0.39, 0.29) is 5.91 Å². The number of carbonyl (C=O) groups excluding carboxylic acids is 2. The van der Waals surface area contributed by atoms with Crippen LogP contribution < -0.4 is 16.4 Å². The lowest BCUT2D eigenvalue weighted by molar-refractivity contribution is 0.0635. The van der Waals surface area contributed by atoms with Crippen LogP contribution >= 0.6 is 0 Å². The summed E-state index contributed by atoms with van der Waals surface area (Å²) in [4.78, 5) is 24.1. The fraction of sp³-hybridized carbons (Fsp3) is 0.263. The summed E-state index contributed by atoms with van der Waals surface area (Å²) in [5.41, 5.74) is 8.20. The predicted molar refractivity (Wildman–Crippen MR) is 99.8 cm³/mol. The number of ether oxygens (including phenoxy) is 1. The van der Waals surface area contributed by atoms with Crippen LogP contribution in [0.1, 0.15) is 36.7 Å². The second-order valence-corrected chi connectivity index (χ2v) is 6.74. The third-order valence-electron chi connectivity index (χ3n) is 3.27. The molecule has 0 aliphatic heterocycles. The number of amides is 2. The SMILES string of the molecule is Cc1cc(NC(=O)OC(C)(C)C)ccc1NC(=O)c1cccc(N)c1. The van der Waals surface area contributed by atoms with Crippen molar-refractivity contribution in [3.8, 4) is 0 Å². The van der Waals surface area contributed by atoms with Crippen LogP contribution in [0.3, 0.4) is 0 Å². The van der Waals surface area contributed by atoms with Crippen LogP contribution in [0, 0.1) is 6.92 Å². The maximum absolute atomic E-state index is 12.3. The molecule has 2 rings (SSSR count). The number of aryl methyl sites for hydroxylation is 1. The molecule has 0 unspecified atom stereocenters. The minimum atomic E-state index is -0.565. The van der Waals surface area contributed by atoms with E-state index in [0.717, 1.165) is 5.56 Å². The molecule has 0 aromatic heterocycles. The van der Waals surface area contributed by atoms with Gasteiger partial charge < -0.3 is 15.8 Å². The van der Waals surface area contributed by atoms with Crippen molar-refractivity contribution < 1.29 is 14.3 Å². The Labute approximate surface area is 147 Å². The maximum atomic E-state index is 12.3. The number of carbonyl (C=O) groups is 2. The van der Waals surface area contributed by atoms with E-state index in [1.807, 2.05) is 6.92 Å². The van der Waals surface area contributed by atoms with Crippen molar-refractivity contribution >= 4 is 29.1 Å². The highest BCUT2D eigenvalue weighted by Crippen LogP contribution is 2.21. The number of nitrogen functional groups attached to an aromatic ring is 1. The average molecular weight is 341 g/mol. The molecule has 0 atom stereocenters. The van der Waals surface area contributed by atoms with Gasteiger partial charge in [-0.1, -0.05) is 6.07 Å². The quantitative estimate of drug-likeness (QED) is 0.730. The molecule has 25 heavy (non-hydrogen) atoms. The van der Waals surface area contributed by atoms with Crippen LogP contribution in [0.2, 0.25) is 0 Å². The molecule has 6 nitrogen and oxygen atoms in total. The van der Waals surface area contributed by atoms with Gasteiger partial charge in [-0.15, -0.1) is 0 Å². The van der Waals surface area contributed by atoms with E-state index in [1.165, 1.54) is 0 Å². The predicted octanol–water partition coefficient (Wildman–Crippen LogP) is 4.18. The first-order chi connectivity index (χ1) is 11.6. The lowest BCUT2D eigenvalue weighted by atomic mass is 10.1. The first-order valence-electron chi connectivity index (χ1n) is 7.91. The van der Waals surface area contributed by atoms with Gasteiger partial charge in [-0.05, 0) is 69.7 Å². The van der Waals surface area contributed by atoms with Crippen molar-refractivity contribution in [2.24, 2.45) is 0 Å². The molecule has 0 radical (unpaired) electrons. The van der Waals surface area contributed by atoms with E-state index in [9.17, 15) is 9.59 Å². The number of benzene rings is 2. The van der Waals surface area contributed by atoms with Crippen LogP contribution in [0.4, 0.5) is 21.9 Å². The molecule has 6 heteroatoms. The van der Waals surface area contributed by atoms with Crippen molar-refractivity contribution in [3.05, 3.63) is 53.6 Å². The number of anilines is 3. The minimum absolute atomic E-state index is 0.247. The molecule has 0 bridgehead atoms. The fourth-order valence-corrected chi connectivity index (χ4v) is 2.18. The zero-order valence-corrected chi connectivity index (χ0v) is 14.8. The van der Waals surface area contributed by atoms with Gasteiger partial charge in [-0.3, -0.25) is 10.1 Å². The van der Waals surface area contributed by atoms with Crippen LogP contribution in [0.25, 0.3) is 0 Å². The van der Waals surface area contributed by atoms with Crippen LogP contribution in [-0.4, -0.2) is 17.6 Å². The molecule has 0 saturated carbocycles. The van der Waals surface area contributed by atoms with Crippen molar-refractivity contribution in [1.29, 1.82) is 0 Å². The summed E-state index contributed by atoms with van der Waals surface area (Å²) in [6.07, 6.45) is -0.525. The monoisotopic (exact) mass is 341 g/mol. The molecule has 0 aliphatic rings. The number of hydrogen-bond donors (Lipinski definition) is 3. The minimum Gasteiger partial charge on any atom is -0.444 e. The van der Waals surface area contributed by atoms with Gasteiger partial charge in [0.25, 0.3) is 5.91 Å².